The van der Waals surface area contributed by atoms with E-state index in [4.69, 9.17) is 4.74 Å². The van der Waals surface area contributed by atoms with Gasteiger partial charge in [-0.15, -0.1) is 16.4 Å². The average Bonchev–Trinajstić information content (AvgIpc) is 3.36. The fourth-order valence-electron chi connectivity index (χ4n) is 3.05. The number of benzene rings is 2. The second-order valence-electron chi connectivity index (χ2n) is 6.66. The topological polar surface area (TPSA) is 82.8 Å². The molecule has 0 saturated carbocycles. The van der Waals surface area contributed by atoms with Crippen molar-refractivity contribution in [1.82, 2.24) is 25.2 Å². The van der Waals surface area contributed by atoms with E-state index < -0.39 is 0 Å². The van der Waals surface area contributed by atoms with Crippen LogP contribution in [0.3, 0.4) is 0 Å². The van der Waals surface area contributed by atoms with E-state index in [1.165, 1.54) is 0 Å². The van der Waals surface area contributed by atoms with Gasteiger partial charge in [0, 0.05) is 13.0 Å². The van der Waals surface area contributed by atoms with Crippen LogP contribution in [0.4, 0.5) is 0 Å². The van der Waals surface area contributed by atoms with Gasteiger partial charge in [0.15, 0.2) is 12.4 Å². The lowest BCUT2D eigenvalue weighted by Gasteiger charge is -2.09. The summed E-state index contributed by atoms with van der Waals surface area (Å²) >= 11 is 1.64. The molecule has 8 heteroatoms. The van der Waals surface area contributed by atoms with E-state index in [-0.39, 0.29) is 12.6 Å². The van der Waals surface area contributed by atoms with Crippen LogP contribution in [0.15, 0.2) is 48.5 Å². The Labute approximate surface area is 172 Å². The summed E-state index contributed by atoms with van der Waals surface area (Å²) in [5, 5.41) is 12.6. The van der Waals surface area contributed by atoms with Gasteiger partial charge in [-0.1, -0.05) is 43.7 Å². The summed E-state index contributed by atoms with van der Waals surface area (Å²) in [6.07, 6.45) is 2.59. The number of rotatable bonds is 8. The molecule has 0 unspecified atom stereocenters. The highest BCUT2D eigenvalue weighted by Gasteiger charge is 2.16. The second-order valence-corrected chi connectivity index (χ2v) is 7.77. The highest BCUT2D eigenvalue weighted by molar-refractivity contribution is 7.18. The van der Waals surface area contributed by atoms with Crippen LogP contribution >= 0.6 is 11.3 Å². The molecule has 0 aliphatic carbocycles. The van der Waals surface area contributed by atoms with Gasteiger partial charge in [0.25, 0.3) is 0 Å². The monoisotopic (exact) mass is 407 g/mol. The van der Waals surface area contributed by atoms with Crippen molar-refractivity contribution in [2.24, 2.45) is 0 Å². The molecular formula is C21H21N5O2S. The van der Waals surface area contributed by atoms with Gasteiger partial charge in [0.1, 0.15) is 0 Å². The van der Waals surface area contributed by atoms with E-state index in [0.717, 1.165) is 33.6 Å². The van der Waals surface area contributed by atoms with Crippen LogP contribution in [0, 0.1) is 0 Å². The zero-order chi connectivity index (χ0) is 20.1. The van der Waals surface area contributed by atoms with Crippen molar-refractivity contribution in [3.8, 4) is 0 Å². The summed E-state index contributed by atoms with van der Waals surface area (Å²) in [7, 11) is 0. The summed E-state index contributed by atoms with van der Waals surface area (Å²) in [6.45, 7) is 2.86. The molecule has 4 aromatic rings. The number of unbranched alkanes of at least 4 members (excludes halogenated alkanes) is 1. The molecule has 0 saturated heterocycles. The number of para-hydroxylation sites is 1. The lowest BCUT2D eigenvalue weighted by molar-refractivity contribution is 0.0455. The van der Waals surface area contributed by atoms with E-state index in [1.54, 1.807) is 22.1 Å². The number of fused-ring (bicyclic) bond motifs is 1. The molecule has 2 aromatic heterocycles. The number of esters is 1. The Morgan fingerprint density at radius 1 is 1.14 bits per heavy atom. The zero-order valence-corrected chi connectivity index (χ0v) is 16.9. The van der Waals surface area contributed by atoms with E-state index in [2.05, 4.69) is 33.5 Å². The Morgan fingerprint density at radius 2 is 1.97 bits per heavy atom. The lowest BCUT2D eigenvalue weighted by atomic mass is 10.1. The third-order valence-corrected chi connectivity index (χ3v) is 5.62. The summed E-state index contributed by atoms with van der Waals surface area (Å²) in [5.74, 6) is 0.169. The van der Waals surface area contributed by atoms with Crippen LogP contribution in [-0.4, -0.2) is 31.2 Å². The Balaban J connectivity index is 1.47. The first-order valence-electron chi connectivity index (χ1n) is 9.59. The summed E-state index contributed by atoms with van der Waals surface area (Å²) in [6, 6.07) is 15.5. The second kappa shape index (κ2) is 8.91. The summed E-state index contributed by atoms with van der Waals surface area (Å²) < 4.78 is 8.34. The van der Waals surface area contributed by atoms with E-state index in [9.17, 15) is 4.79 Å². The fraction of sp³-hybridized carbons (Fsp3) is 0.286. The lowest BCUT2D eigenvalue weighted by Crippen LogP contribution is -2.12. The number of hydrogen-bond acceptors (Lipinski definition) is 7. The summed E-state index contributed by atoms with van der Waals surface area (Å²) in [4.78, 5) is 17.4. The molecule has 0 bridgehead atoms. The van der Waals surface area contributed by atoms with Crippen molar-refractivity contribution in [3.63, 3.8) is 0 Å². The number of aryl methyl sites for hydroxylation is 1. The number of tetrazole rings is 1. The average molecular weight is 407 g/mol. The number of carbonyl (C=O) groups is 1. The molecule has 0 radical (unpaired) electrons. The molecule has 0 fully saturated rings. The molecule has 0 aliphatic rings. The smallest absolute Gasteiger partial charge is 0.338 e. The summed E-state index contributed by atoms with van der Waals surface area (Å²) in [5.41, 5.74) is 2.41. The van der Waals surface area contributed by atoms with Gasteiger partial charge in [0.05, 0.1) is 20.8 Å². The molecule has 4 rings (SSSR count). The molecule has 0 N–H and O–H groups in total. The van der Waals surface area contributed by atoms with Crippen molar-refractivity contribution >= 4 is 27.5 Å². The first-order valence-corrected chi connectivity index (χ1v) is 10.4. The molecule has 0 aliphatic heterocycles. The van der Waals surface area contributed by atoms with Crippen molar-refractivity contribution < 1.29 is 9.53 Å². The highest BCUT2D eigenvalue weighted by Crippen LogP contribution is 2.25. The minimum atomic E-state index is -0.383. The molecule has 0 atom stereocenters. The van der Waals surface area contributed by atoms with Gasteiger partial charge < -0.3 is 4.74 Å². The number of carbonyl (C=O) groups excluding carboxylic acids is 1. The Morgan fingerprint density at radius 3 is 2.83 bits per heavy atom. The van der Waals surface area contributed by atoms with Crippen LogP contribution in [0.1, 0.15) is 46.5 Å². The largest absolute Gasteiger partial charge is 0.454 e. The molecule has 148 valence electrons. The van der Waals surface area contributed by atoms with Crippen LogP contribution in [-0.2, 0) is 24.3 Å². The molecule has 0 spiro atoms. The maximum atomic E-state index is 12.7. The first-order chi connectivity index (χ1) is 14.2. The molecule has 2 heterocycles. The number of thiazole rings is 1. The van der Waals surface area contributed by atoms with Crippen LogP contribution in [0.25, 0.3) is 10.2 Å². The van der Waals surface area contributed by atoms with E-state index in [1.807, 2.05) is 36.4 Å². The van der Waals surface area contributed by atoms with Gasteiger partial charge >= 0.3 is 5.97 Å². The molecular weight excluding hydrogens is 386 g/mol. The van der Waals surface area contributed by atoms with Crippen LogP contribution in [0.2, 0.25) is 0 Å². The normalized spacial score (nSPS) is 11.1. The minimum Gasteiger partial charge on any atom is -0.454 e. The van der Waals surface area contributed by atoms with Crippen molar-refractivity contribution in [2.75, 3.05) is 0 Å². The van der Waals surface area contributed by atoms with E-state index in [0.29, 0.717) is 24.4 Å². The minimum absolute atomic E-state index is 0.0466. The number of hydrogen-bond donors (Lipinski definition) is 0. The predicted molar refractivity (Wildman–Crippen MR) is 111 cm³/mol. The van der Waals surface area contributed by atoms with Gasteiger partial charge in [-0.3, -0.25) is 0 Å². The molecule has 2 aromatic carbocycles. The maximum absolute atomic E-state index is 12.7. The predicted octanol–water partition coefficient (Wildman–Crippen LogP) is 4.03. The molecule has 29 heavy (non-hydrogen) atoms. The number of nitrogens with zero attached hydrogens (tertiary/aromatic N) is 5. The van der Waals surface area contributed by atoms with Gasteiger partial charge in [-0.25, -0.2) is 14.5 Å². The maximum Gasteiger partial charge on any atom is 0.338 e. The SMILES string of the molecule is CCCCn1nnnc1COC(=O)c1ccccc1Cc1nc2ccccc2s1. The fourth-order valence-corrected chi connectivity index (χ4v) is 4.04. The molecule has 0 amide bonds. The van der Waals surface area contributed by atoms with Crippen molar-refractivity contribution in [3.05, 3.63) is 70.5 Å². The van der Waals surface area contributed by atoms with Gasteiger partial charge in [-0.05, 0) is 40.6 Å². The Bertz CT molecular complexity index is 1090. The quantitative estimate of drug-likeness (QED) is 0.410. The van der Waals surface area contributed by atoms with Gasteiger partial charge in [0.2, 0.25) is 0 Å². The Kier molecular flexibility index (Phi) is 5.90. The van der Waals surface area contributed by atoms with Crippen LogP contribution < -0.4 is 0 Å². The first kappa shape index (κ1) is 19.2. The number of aromatic nitrogens is 5. The Hall–Kier alpha value is -3.13. The van der Waals surface area contributed by atoms with Crippen molar-refractivity contribution in [1.29, 1.82) is 0 Å². The van der Waals surface area contributed by atoms with Crippen molar-refractivity contribution in [2.45, 2.75) is 39.3 Å². The van der Waals surface area contributed by atoms with Crippen LogP contribution in [0.5, 0.6) is 0 Å². The van der Waals surface area contributed by atoms with E-state index >= 15 is 0 Å². The molecule has 7 nitrogen and oxygen atoms in total. The standard InChI is InChI=1S/C21H21N5O2S/c1-2-3-12-26-19(23-24-25-26)14-28-21(27)16-9-5-4-8-15(16)13-20-22-17-10-6-7-11-18(17)29-20/h4-11H,2-3,12-14H2,1H3. The number of ether oxygens (including phenoxy) is 1. The third kappa shape index (κ3) is 4.48. The zero-order valence-electron chi connectivity index (χ0n) is 16.1. The third-order valence-electron chi connectivity index (χ3n) is 4.58. The van der Waals surface area contributed by atoms with Gasteiger partial charge in [-0.2, -0.15) is 0 Å². The highest BCUT2D eigenvalue weighted by atomic mass is 32.1.